The van der Waals surface area contributed by atoms with Crippen molar-refractivity contribution in [3.63, 3.8) is 0 Å². The Kier molecular flexibility index (Phi) is 5.62. The minimum Gasteiger partial charge on any atom is -0.385 e. The number of anilines is 1. The number of pyridine rings is 1. The van der Waals surface area contributed by atoms with Gasteiger partial charge in [0.05, 0.1) is 5.69 Å². The van der Waals surface area contributed by atoms with Gasteiger partial charge in [-0.1, -0.05) is 6.92 Å². The first-order valence-electron chi connectivity index (χ1n) is 7.97. The molecule has 0 aliphatic carbocycles. The fourth-order valence-corrected chi connectivity index (χ4v) is 3.16. The summed E-state index contributed by atoms with van der Waals surface area (Å²) >= 11 is 0. The van der Waals surface area contributed by atoms with Crippen LogP contribution >= 0.6 is 0 Å². The molecule has 1 aromatic rings. The van der Waals surface area contributed by atoms with Gasteiger partial charge in [-0.15, -0.1) is 0 Å². The minimum absolute atomic E-state index is 0.174. The molecular formula is C17H25N3O2. The lowest BCUT2D eigenvalue weighted by Gasteiger charge is -2.33. The van der Waals surface area contributed by atoms with E-state index in [0.29, 0.717) is 19.1 Å². The largest absolute Gasteiger partial charge is 0.385 e. The third-order valence-electron chi connectivity index (χ3n) is 4.33. The third-order valence-corrected chi connectivity index (χ3v) is 4.33. The summed E-state index contributed by atoms with van der Waals surface area (Å²) in [6, 6.07) is 4.12. The van der Waals surface area contributed by atoms with Gasteiger partial charge in [0.25, 0.3) is 5.56 Å². The number of nitriles is 1. The Balaban J connectivity index is 2.36. The average molecular weight is 303 g/mol. The summed E-state index contributed by atoms with van der Waals surface area (Å²) < 4.78 is 6.73. The maximum Gasteiger partial charge on any atom is 0.270 e. The van der Waals surface area contributed by atoms with E-state index in [2.05, 4.69) is 17.9 Å². The van der Waals surface area contributed by atoms with Crippen LogP contribution in [0.15, 0.2) is 10.9 Å². The van der Waals surface area contributed by atoms with Crippen LogP contribution in [0.3, 0.4) is 0 Å². The van der Waals surface area contributed by atoms with E-state index < -0.39 is 0 Å². The number of hydrogen-bond donors (Lipinski definition) is 0. The van der Waals surface area contributed by atoms with Gasteiger partial charge < -0.3 is 14.2 Å². The normalized spacial score (nSPS) is 18.3. The highest BCUT2D eigenvalue weighted by Gasteiger charge is 2.22. The topological polar surface area (TPSA) is 58.3 Å². The summed E-state index contributed by atoms with van der Waals surface area (Å²) in [5.41, 5.74) is 1.82. The van der Waals surface area contributed by atoms with E-state index in [-0.39, 0.29) is 11.1 Å². The first-order chi connectivity index (χ1) is 10.6. The van der Waals surface area contributed by atoms with Gasteiger partial charge in [-0.2, -0.15) is 5.26 Å². The van der Waals surface area contributed by atoms with E-state index in [0.717, 1.165) is 37.3 Å². The number of piperidine rings is 1. The van der Waals surface area contributed by atoms with Gasteiger partial charge in [-0.05, 0) is 38.2 Å². The summed E-state index contributed by atoms with van der Waals surface area (Å²) in [5, 5.41) is 9.47. The quantitative estimate of drug-likeness (QED) is 0.783. The molecule has 0 aromatic carbocycles. The van der Waals surface area contributed by atoms with Crippen LogP contribution in [-0.4, -0.2) is 31.4 Å². The molecule has 5 heteroatoms. The van der Waals surface area contributed by atoms with Crippen molar-refractivity contribution in [2.75, 3.05) is 31.7 Å². The Morgan fingerprint density at radius 1 is 1.50 bits per heavy atom. The van der Waals surface area contributed by atoms with Gasteiger partial charge in [0.15, 0.2) is 0 Å². The molecule has 0 bridgehead atoms. The molecule has 0 spiro atoms. The Morgan fingerprint density at radius 2 is 2.27 bits per heavy atom. The number of rotatable bonds is 5. The molecule has 2 heterocycles. The van der Waals surface area contributed by atoms with Gasteiger partial charge >= 0.3 is 0 Å². The molecule has 0 radical (unpaired) electrons. The zero-order valence-corrected chi connectivity index (χ0v) is 13.8. The van der Waals surface area contributed by atoms with Crippen molar-refractivity contribution in [2.24, 2.45) is 5.92 Å². The molecule has 1 atom stereocenters. The van der Waals surface area contributed by atoms with Crippen LogP contribution < -0.4 is 10.5 Å². The minimum atomic E-state index is -0.174. The molecule has 2 rings (SSSR count). The van der Waals surface area contributed by atoms with Crippen LogP contribution in [0.5, 0.6) is 0 Å². The molecule has 0 N–H and O–H groups in total. The Labute approximate surface area is 132 Å². The molecule has 1 unspecified atom stereocenters. The van der Waals surface area contributed by atoms with E-state index in [1.54, 1.807) is 11.7 Å². The number of nitrogens with zero attached hydrogens (tertiary/aromatic N) is 3. The number of aryl methyl sites for hydroxylation is 1. The second-order valence-electron chi connectivity index (χ2n) is 6.15. The van der Waals surface area contributed by atoms with E-state index >= 15 is 0 Å². The first kappa shape index (κ1) is 16.6. The van der Waals surface area contributed by atoms with Crippen LogP contribution in [0, 0.1) is 24.2 Å². The van der Waals surface area contributed by atoms with Crippen LogP contribution in [0.25, 0.3) is 0 Å². The van der Waals surface area contributed by atoms with Gasteiger partial charge in [0, 0.05) is 39.0 Å². The molecular weight excluding hydrogens is 278 g/mol. The van der Waals surface area contributed by atoms with E-state index in [4.69, 9.17) is 4.74 Å². The van der Waals surface area contributed by atoms with Crippen molar-refractivity contribution in [3.05, 3.63) is 27.7 Å². The van der Waals surface area contributed by atoms with Crippen LogP contribution in [-0.2, 0) is 11.3 Å². The SMILES string of the molecule is COCCCn1c(C)cc(N2CCCC(C)C2)c(C#N)c1=O. The summed E-state index contributed by atoms with van der Waals surface area (Å²) in [6.07, 6.45) is 3.09. The Bertz CT molecular complexity index is 616. The number of hydrogen-bond acceptors (Lipinski definition) is 4. The van der Waals surface area contributed by atoms with Gasteiger partial charge in [0.2, 0.25) is 0 Å². The molecule has 0 saturated carbocycles. The highest BCUT2D eigenvalue weighted by atomic mass is 16.5. The molecule has 1 aliphatic heterocycles. The van der Waals surface area contributed by atoms with Crippen molar-refractivity contribution in [3.8, 4) is 6.07 Å². The summed E-state index contributed by atoms with van der Waals surface area (Å²) in [4.78, 5) is 14.8. The fourth-order valence-electron chi connectivity index (χ4n) is 3.16. The molecule has 1 saturated heterocycles. The zero-order chi connectivity index (χ0) is 16.1. The number of ether oxygens (including phenoxy) is 1. The van der Waals surface area contributed by atoms with Crippen LogP contribution in [0.1, 0.15) is 37.4 Å². The van der Waals surface area contributed by atoms with Crippen molar-refractivity contribution < 1.29 is 4.74 Å². The Morgan fingerprint density at radius 3 is 2.91 bits per heavy atom. The van der Waals surface area contributed by atoms with Gasteiger partial charge in [-0.25, -0.2) is 0 Å². The monoisotopic (exact) mass is 303 g/mol. The highest BCUT2D eigenvalue weighted by molar-refractivity contribution is 5.59. The van der Waals surface area contributed by atoms with Crippen molar-refractivity contribution in [1.29, 1.82) is 5.26 Å². The third kappa shape index (κ3) is 3.50. The molecule has 1 aliphatic rings. The van der Waals surface area contributed by atoms with Crippen LogP contribution in [0.4, 0.5) is 5.69 Å². The molecule has 1 aromatic heterocycles. The second kappa shape index (κ2) is 7.46. The fraction of sp³-hybridized carbons (Fsp3) is 0.647. The van der Waals surface area contributed by atoms with Crippen LogP contribution in [0.2, 0.25) is 0 Å². The number of methoxy groups -OCH3 is 1. The molecule has 22 heavy (non-hydrogen) atoms. The predicted molar refractivity (Wildman–Crippen MR) is 87.3 cm³/mol. The van der Waals surface area contributed by atoms with Crippen molar-refractivity contribution in [2.45, 2.75) is 39.7 Å². The van der Waals surface area contributed by atoms with Gasteiger partial charge in [-0.3, -0.25) is 4.79 Å². The van der Waals surface area contributed by atoms with E-state index in [1.807, 2.05) is 13.0 Å². The summed E-state index contributed by atoms with van der Waals surface area (Å²) in [6.45, 7) is 7.19. The molecule has 0 amide bonds. The molecule has 5 nitrogen and oxygen atoms in total. The highest BCUT2D eigenvalue weighted by Crippen LogP contribution is 2.25. The summed E-state index contributed by atoms with van der Waals surface area (Å²) in [5.74, 6) is 0.602. The van der Waals surface area contributed by atoms with Gasteiger partial charge in [0.1, 0.15) is 11.6 Å². The summed E-state index contributed by atoms with van der Waals surface area (Å²) in [7, 11) is 1.65. The van der Waals surface area contributed by atoms with Crippen molar-refractivity contribution >= 4 is 5.69 Å². The Hall–Kier alpha value is -1.80. The number of aromatic nitrogens is 1. The lowest BCUT2D eigenvalue weighted by molar-refractivity contribution is 0.189. The lowest BCUT2D eigenvalue weighted by atomic mass is 9.99. The van der Waals surface area contributed by atoms with E-state index in [9.17, 15) is 10.1 Å². The standard InChI is InChI=1S/C17H25N3O2/c1-13-6-4-7-19(12-13)16-10-14(2)20(8-5-9-22-3)17(21)15(16)11-18/h10,13H,4-9,12H2,1-3H3. The lowest BCUT2D eigenvalue weighted by Crippen LogP contribution is -2.37. The molecule has 120 valence electrons. The first-order valence-corrected chi connectivity index (χ1v) is 7.97. The molecule has 1 fully saturated rings. The zero-order valence-electron chi connectivity index (χ0n) is 13.8. The maximum absolute atomic E-state index is 12.6. The predicted octanol–water partition coefficient (Wildman–Crippen LogP) is 2.30. The average Bonchev–Trinajstić information content (AvgIpc) is 2.50. The second-order valence-corrected chi connectivity index (χ2v) is 6.15. The van der Waals surface area contributed by atoms with E-state index in [1.165, 1.54) is 6.42 Å². The van der Waals surface area contributed by atoms with Crippen molar-refractivity contribution in [1.82, 2.24) is 4.57 Å². The smallest absolute Gasteiger partial charge is 0.270 e. The maximum atomic E-state index is 12.6.